The Morgan fingerprint density at radius 3 is 2.50 bits per heavy atom. The molecule has 2 aliphatic carbocycles. The molecular formula is C33H41N3O2. The maximum atomic E-state index is 6.52. The van der Waals surface area contributed by atoms with E-state index in [1.165, 1.54) is 35.2 Å². The number of hydrogen-bond acceptors (Lipinski definition) is 5. The van der Waals surface area contributed by atoms with Crippen molar-refractivity contribution in [2.24, 2.45) is 0 Å². The molecule has 0 radical (unpaired) electrons. The van der Waals surface area contributed by atoms with E-state index in [2.05, 4.69) is 72.3 Å². The predicted octanol–water partition coefficient (Wildman–Crippen LogP) is 6.00. The average molecular weight is 512 g/mol. The van der Waals surface area contributed by atoms with Crippen molar-refractivity contribution in [1.82, 2.24) is 9.88 Å². The Bertz CT molecular complexity index is 1250. The summed E-state index contributed by atoms with van der Waals surface area (Å²) in [6.07, 6.45) is 8.92. The van der Waals surface area contributed by atoms with Crippen molar-refractivity contribution < 1.29 is 9.47 Å². The van der Waals surface area contributed by atoms with Crippen LogP contribution < -0.4 is 14.4 Å². The predicted molar refractivity (Wildman–Crippen MR) is 154 cm³/mol. The quantitative estimate of drug-likeness (QED) is 0.389. The lowest BCUT2D eigenvalue weighted by atomic mass is 9.70. The Labute approximate surface area is 227 Å². The normalized spacial score (nSPS) is 24.0. The number of piperazine rings is 1. The van der Waals surface area contributed by atoms with Crippen molar-refractivity contribution in [3.8, 4) is 11.5 Å². The minimum Gasteiger partial charge on any atom is -0.493 e. The molecule has 200 valence electrons. The van der Waals surface area contributed by atoms with Crippen LogP contribution in [0.1, 0.15) is 60.9 Å². The Hall–Kier alpha value is -3.05. The Morgan fingerprint density at radius 2 is 1.76 bits per heavy atom. The van der Waals surface area contributed by atoms with Gasteiger partial charge in [0.25, 0.3) is 0 Å². The van der Waals surface area contributed by atoms with Gasteiger partial charge in [0, 0.05) is 49.2 Å². The number of benzene rings is 2. The molecule has 5 nitrogen and oxygen atoms in total. The second-order valence-corrected chi connectivity index (χ2v) is 11.7. The molecule has 6 rings (SSSR count). The van der Waals surface area contributed by atoms with Crippen LogP contribution in [0.5, 0.6) is 11.5 Å². The van der Waals surface area contributed by atoms with Crippen LogP contribution in [-0.4, -0.2) is 56.3 Å². The van der Waals surface area contributed by atoms with E-state index in [4.69, 9.17) is 14.5 Å². The van der Waals surface area contributed by atoms with Crippen LogP contribution in [0.4, 0.5) is 5.69 Å². The number of aromatic nitrogens is 1. The van der Waals surface area contributed by atoms with Gasteiger partial charge in [0.05, 0.1) is 13.2 Å². The third kappa shape index (κ3) is 4.89. The fourth-order valence-corrected chi connectivity index (χ4v) is 6.97. The summed E-state index contributed by atoms with van der Waals surface area (Å²) in [5.41, 5.74) is 6.70. The molecule has 1 saturated heterocycles. The first-order valence-corrected chi connectivity index (χ1v) is 14.3. The molecule has 0 spiro atoms. The van der Waals surface area contributed by atoms with E-state index < -0.39 is 0 Å². The van der Waals surface area contributed by atoms with Gasteiger partial charge in [-0.25, -0.2) is 0 Å². The number of anilines is 1. The lowest BCUT2D eigenvalue weighted by Gasteiger charge is -2.35. The fraction of sp³-hybridized carbons (Fsp3) is 0.485. The molecule has 1 aliphatic heterocycles. The summed E-state index contributed by atoms with van der Waals surface area (Å²) < 4.78 is 12.2. The first-order chi connectivity index (χ1) is 18.5. The molecule has 2 atom stereocenters. The highest BCUT2D eigenvalue weighted by atomic mass is 16.5. The third-order valence-corrected chi connectivity index (χ3v) is 9.23. The minimum absolute atomic E-state index is 0.0659. The van der Waals surface area contributed by atoms with Crippen molar-refractivity contribution in [2.45, 2.75) is 62.9 Å². The van der Waals surface area contributed by atoms with Gasteiger partial charge in [-0.05, 0) is 105 Å². The molecule has 2 aromatic carbocycles. The highest BCUT2D eigenvalue weighted by Crippen LogP contribution is 2.52. The summed E-state index contributed by atoms with van der Waals surface area (Å²) in [7, 11) is 3.96. The standard InChI is InChI=1S/C33H41N3O2/c1-33(23-26-8-6-7-15-34-26)29-13-12-27(36-18-16-35(2)17-19-36)20-25(29)21-30(33)24-11-14-31(37-3)32(22-24)38-28-9-4-5-10-28/h6-8,11-15,20,22,28,30H,4-5,9-10,16-19,21,23H2,1-3H3. The third-order valence-electron chi connectivity index (χ3n) is 9.23. The second kappa shape index (κ2) is 10.6. The van der Waals surface area contributed by atoms with Crippen LogP contribution in [0.3, 0.4) is 0 Å². The summed E-state index contributed by atoms with van der Waals surface area (Å²) in [6.45, 7) is 6.85. The van der Waals surface area contributed by atoms with Gasteiger partial charge in [-0.15, -0.1) is 0 Å². The van der Waals surface area contributed by atoms with E-state index in [0.29, 0.717) is 12.0 Å². The number of rotatable bonds is 7. The summed E-state index contributed by atoms with van der Waals surface area (Å²) in [4.78, 5) is 9.70. The van der Waals surface area contributed by atoms with Crippen LogP contribution in [0.25, 0.3) is 0 Å². The zero-order valence-corrected chi connectivity index (χ0v) is 23.2. The van der Waals surface area contributed by atoms with Crippen LogP contribution in [0, 0.1) is 0 Å². The molecule has 1 saturated carbocycles. The molecule has 2 fully saturated rings. The van der Waals surface area contributed by atoms with Crippen molar-refractivity contribution in [3.05, 3.63) is 83.2 Å². The Morgan fingerprint density at radius 1 is 0.947 bits per heavy atom. The SMILES string of the molecule is COc1ccc(C2Cc3cc(N4CCN(C)CC4)ccc3C2(C)Cc2ccccn2)cc1OC1CCCC1. The smallest absolute Gasteiger partial charge is 0.161 e. The Kier molecular flexibility index (Phi) is 7.05. The van der Waals surface area contributed by atoms with Gasteiger partial charge in [-0.2, -0.15) is 0 Å². The van der Waals surface area contributed by atoms with Crippen molar-refractivity contribution in [3.63, 3.8) is 0 Å². The number of pyridine rings is 1. The van der Waals surface area contributed by atoms with E-state index >= 15 is 0 Å². The number of nitrogens with zero attached hydrogens (tertiary/aromatic N) is 3. The van der Waals surface area contributed by atoms with Gasteiger partial charge in [-0.3, -0.25) is 4.98 Å². The molecule has 0 amide bonds. The number of likely N-dealkylation sites (N-methyl/N-ethyl adjacent to an activating group) is 1. The van der Waals surface area contributed by atoms with Gasteiger partial charge in [0.15, 0.2) is 11.5 Å². The molecule has 38 heavy (non-hydrogen) atoms. The molecule has 3 aromatic rings. The van der Waals surface area contributed by atoms with E-state index in [9.17, 15) is 0 Å². The van der Waals surface area contributed by atoms with Gasteiger partial charge >= 0.3 is 0 Å². The lowest BCUT2D eigenvalue weighted by Crippen LogP contribution is -2.44. The average Bonchev–Trinajstić information content (AvgIpc) is 3.55. The maximum Gasteiger partial charge on any atom is 0.161 e. The highest BCUT2D eigenvalue weighted by molar-refractivity contribution is 5.58. The largest absolute Gasteiger partial charge is 0.493 e. The molecule has 1 aromatic heterocycles. The molecule has 2 heterocycles. The molecule has 3 aliphatic rings. The monoisotopic (exact) mass is 511 g/mol. The van der Waals surface area contributed by atoms with Crippen LogP contribution in [0.15, 0.2) is 60.8 Å². The molecule has 0 N–H and O–H groups in total. The van der Waals surface area contributed by atoms with Crippen molar-refractivity contribution in [2.75, 3.05) is 45.2 Å². The maximum absolute atomic E-state index is 6.52. The number of fused-ring (bicyclic) bond motifs is 1. The fourth-order valence-electron chi connectivity index (χ4n) is 6.97. The number of hydrogen-bond donors (Lipinski definition) is 0. The lowest BCUT2D eigenvalue weighted by molar-refractivity contribution is 0.200. The Balaban J connectivity index is 1.36. The van der Waals surface area contributed by atoms with E-state index in [0.717, 1.165) is 69.1 Å². The van der Waals surface area contributed by atoms with Crippen LogP contribution in [-0.2, 0) is 18.3 Å². The van der Waals surface area contributed by atoms with Gasteiger partial charge in [-0.1, -0.05) is 25.1 Å². The van der Waals surface area contributed by atoms with E-state index in [1.54, 1.807) is 7.11 Å². The number of methoxy groups -OCH3 is 1. The van der Waals surface area contributed by atoms with Crippen LogP contribution in [0.2, 0.25) is 0 Å². The number of ether oxygens (including phenoxy) is 2. The highest BCUT2D eigenvalue weighted by Gasteiger charge is 2.44. The molecule has 5 heteroatoms. The van der Waals surface area contributed by atoms with Crippen molar-refractivity contribution in [1.29, 1.82) is 0 Å². The molecular weight excluding hydrogens is 470 g/mol. The topological polar surface area (TPSA) is 37.8 Å². The summed E-state index contributed by atoms with van der Waals surface area (Å²) >= 11 is 0. The van der Waals surface area contributed by atoms with Gasteiger partial charge < -0.3 is 19.3 Å². The van der Waals surface area contributed by atoms with E-state index in [1.807, 2.05) is 12.3 Å². The molecule has 2 unspecified atom stereocenters. The first-order valence-electron chi connectivity index (χ1n) is 14.3. The minimum atomic E-state index is -0.0659. The molecule has 0 bridgehead atoms. The summed E-state index contributed by atoms with van der Waals surface area (Å²) in [5, 5.41) is 0. The van der Waals surface area contributed by atoms with Gasteiger partial charge in [0.2, 0.25) is 0 Å². The van der Waals surface area contributed by atoms with Crippen molar-refractivity contribution >= 4 is 5.69 Å². The second-order valence-electron chi connectivity index (χ2n) is 11.7. The van der Waals surface area contributed by atoms with Gasteiger partial charge in [0.1, 0.15) is 0 Å². The zero-order chi connectivity index (χ0) is 26.1. The zero-order valence-electron chi connectivity index (χ0n) is 23.2. The van der Waals surface area contributed by atoms with Crippen LogP contribution >= 0.6 is 0 Å². The summed E-state index contributed by atoms with van der Waals surface area (Å²) in [5.74, 6) is 2.06. The summed E-state index contributed by atoms with van der Waals surface area (Å²) in [6, 6.07) is 20.1. The van der Waals surface area contributed by atoms with E-state index in [-0.39, 0.29) is 5.41 Å². The first kappa shape index (κ1) is 25.2.